The van der Waals surface area contributed by atoms with Crippen molar-refractivity contribution in [3.8, 4) is 28.4 Å². The van der Waals surface area contributed by atoms with Crippen LogP contribution in [0.4, 0.5) is 0 Å². The molecule has 4 aromatic carbocycles. The molecule has 0 saturated carbocycles. The van der Waals surface area contributed by atoms with Gasteiger partial charge in [0, 0.05) is 27.5 Å². The second-order valence-corrected chi connectivity index (χ2v) is 11.0. The molecular weight excluding hydrogens is 661 g/mol. The number of hydrogen-bond donors (Lipinski definition) is 1. The number of hydrazone groups is 1. The standard InChI is InChI=1S/C34H29ClIN3O3/c1-3-41-32-20-24(19-30(36)33(32)42-22-27-11-7-8-12-29(27)35)21-37-38-34(40)26-14-16-28(17-15-26)39-23(2)13-18-31(39)25-9-5-4-6-10-25/h4-21H,3,22H2,1-2H3,(H,38,40)/b37-21+. The summed E-state index contributed by atoms with van der Waals surface area (Å²) < 4.78 is 15.0. The van der Waals surface area contributed by atoms with Crippen LogP contribution in [0.15, 0.2) is 108 Å². The van der Waals surface area contributed by atoms with E-state index in [1.54, 1.807) is 18.3 Å². The number of benzene rings is 4. The van der Waals surface area contributed by atoms with E-state index in [9.17, 15) is 4.79 Å². The lowest BCUT2D eigenvalue weighted by atomic mass is 10.1. The molecular formula is C34H29ClIN3O3. The molecule has 1 N–H and O–H groups in total. The summed E-state index contributed by atoms with van der Waals surface area (Å²) in [6, 6.07) is 33.2. The molecule has 5 rings (SSSR count). The van der Waals surface area contributed by atoms with Crippen LogP contribution in [0, 0.1) is 10.5 Å². The first-order valence-corrected chi connectivity index (χ1v) is 14.9. The lowest BCUT2D eigenvalue weighted by Crippen LogP contribution is -2.17. The van der Waals surface area contributed by atoms with Crippen LogP contribution in [-0.4, -0.2) is 23.3 Å². The Hall–Kier alpha value is -4.08. The van der Waals surface area contributed by atoms with Crippen molar-refractivity contribution in [2.45, 2.75) is 20.5 Å². The van der Waals surface area contributed by atoms with Crippen molar-refractivity contribution in [3.63, 3.8) is 0 Å². The lowest BCUT2D eigenvalue weighted by Gasteiger charge is -2.15. The average Bonchev–Trinajstić information content (AvgIpc) is 3.39. The maximum absolute atomic E-state index is 12.8. The number of halogens is 2. The second-order valence-electron chi connectivity index (χ2n) is 9.45. The molecule has 0 aliphatic carbocycles. The summed E-state index contributed by atoms with van der Waals surface area (Å²) in [7, 11) is 0. The molecule has 1 aromatic heterocycles. The third-order valence-corrected chi connectivity index (χ3v) is 7.74. The van der Waals surface area contributed by atoms with Gasteiger partial charge in [0.15, 0.2) is 11.5 Å². The molecule has 6 nitrogen and oxygen atoms in total. The molecule has 0 radical (unpaired) electrons. The van der Waals surface area contributed by atoms with Crippen LogP contribution >= 0.6 is 34.2 Å². The van der Waals surface area contributed by atoms with Crippen LogP contribution in [-0.2, 0) is 6.61 Å². The molecule has 0 aliphatic rings. The molecule has 1 heterocycles. The predicted molar refractivity (Wildman–Crippen MR) is 177 cm³/mol. The second kappa shape index (κ2) is 13.7. The van der Waals surface area contributed by atoms with Crippen molar-refractivity contribution in [2.24, 2.45) is 5.10 Å². The zero-order valence-electron chi connectivity index (χ0n) is 23.2. The number of aromatic nitrogens is 1. The van der Waals surface area contributed by atoms with Gasteiger partial charge in [-0.3, -0.25) is 4.79 Å². The van der Waals surface area contributed by atoms with Crippen LogP contribution in [0.25, 0.3) is 16.9 Å². The highest BCUT2D eigenvalue weighted by Gasteiger charge is 2.14. The Labute approximate surface area is 264 Å². The number of nitrogens with one attached hydrogen (secondary N) is 1. The third-order valence-electron chi connectivity index (χ3n) is 6.57. The minimum Gasteiger partial charge on any atom is -0.490 e. The monoisotopic (exact) mass is 689 g/mol. The molecule has 0 unspecified atom stereocenters. The minimum atomic E-state index is -0.301. The number of hydrogen-bond acceptors (Lipinski definition) is 4. The van der Waals surface area contributed by atoms with E-state index >= 15 is 0 Å². The average molecular weight is 690 g/mol. The molecule has 0 saturated heterocycles. The summed E-state index contributed by atoms with van der Waals surface area (Å²) in [4.78, 5) is 12.8. The summed E-state index contributed by atoms with van der Waals surface area (Å²) in [5, 5.41) is 4.84. The van der Waals surface area contributed by atoms with E-state index in [0.29, 0.717) is 35.3 Å². The summed E-state index contributed by atoms with van der Waals surface area (Å²) in [5.41, 5.74) is 9.09. The Kier molecular flexibility index (Phi) is 9.61. The van der Waals surface area contributed by atoms with E-state index in [1.165, 1.54) is 0 Å². The molecule has 0 spiro atoms. The van der Waals surface area contributed by atoms with Gasteiger partial charge in [0.2, 0.25) is 0 Å². The number of nitrogens with zero attached hydrogens (tertiary/aromatic N) is 2. The SMILES string of the molecule is CCOc1cc(/C=N/NC(=O)c2ccc(-n3c(C)ccc3-c3ccccc3)cc2)cc(I)c1OCc1ccccc1Cl. The summed E-state index contributed by atoms with van der Waals surface area (Å²) in [6.45, 7) is 4.77. The molecule has 0 aliphatic heterocycles. The molecule has 8 heteroatoms. The van der Waals surface area contributed by atoms with E-state index in [-0.39, 0.29) is 5.91 Å². The van der Waals surface area contributed by atoms with Gasteiger partial charge in [0.25, 0.3) is 5.91 Å². The van der Waals surface area contributed by atoms with Crippen molar-refractivity contribution in [1.82, 2.24) is 9.99 Å². The lowest BCUT2D eigenvalue weighted by molar-refractivity contribution is 0.0955. The van der Waals surface area contributed by atoms with Gasteiger partial charge in [-0.25, -0.2) is 5.43 Å². The van der Waals surface area contributed by atoms with Crippen molar-refractivity contribution in [2.75, 3.05) is 6.61 Å². The first kappa shape index (κ1) is 29.4. The largest absolute Gasteiger partial charge is 0.490 e. The van der Waals surface area contributed by atoms with Crippen molar-refractivity contribution < 1.29 is 14.3 Å². The number of aryl methyl sites for hydroxylation is 1. The van der Waals surface area contributed by atoms with Gasteiger partial charge in [0.05, 0.1) is 22.1 Å². The molecule has 0 fully saturated rings. The third kappa shape index (κ3) is 6.86. The number of carbonyl (C=O) groups excluding carboxylic acids is 1. The molecule has 42 heavy (non-hydrogen) atoms. The Bertz CT molecular complexity index is 1720. The van der Waals surface area contributed by atoms with E-state index in [4.69, 9.17) is 21.1 Å². The molecule has 212 valence electrons. The van der Waals surface area contributed by atoms with E-state index in [2.05, 4.69) is 68.9 Å². The smallest absolute Gasteiger partial charge is 0.271 e. The van der Waals surface area contributed by atoms with E-state index < -0.39 is 0 Å². The topological polar surface area (TPSA) is 64.8 Å². The van der Waals surface area contributed by atoms with E-state index in [0.717, 1.165) is 37.3 Å². The maximum atomic E-state index is 12.8. The molecule has 5 aromatic rings. The summed E-state index contributed by atoms with van der Waals surface area (Å²) in [6.07, 6.45) is 1.59. The van der Waals surface area contributed by atoms with Gasteiger partial charge in [-0.15, -0.1) is 0 Å². The molecule has 1 amide bonds. The van der Waals surface area contributed by atoms with Crippen molar-refractivity contribution in [1.29, 1.82) is 0 Å². The zero-order chi connectivity index (χ0) is 29.5. The van der Waals surface area contributed by atoms with Gasteiger partial charge in [-0.05, 0) is 102 Å². The highest BCUT2D eigenvalue weighted by atomic mass is 127. The summed E-state index contributed by atoms with van der Waals surface area (Å²) >= 11 is 8.49. The highest BCUT2D eigenvalue weighted by molar-refractivity contribution is 14.1. The van der Waals surface area contributed by atoms with Crippen LogP contribution in [0.2, 0.25) is 5.02 Å². The number of ether oxygens (including phenoxy) is 2. The highest BCUT2D eigenvalue weighted by Crippen LogP contribution is 2.35. The van der Waals surface area contributed by atoms with Gasteiger partial charge >= 0.3 is 0 Å². The Balaban J connectivity index is 1.27. The van der Waals surface area contributed by atoms with Gasteiger partial charge in [-0.1, -0.05) is 60.1 Å². The number of carbonyl (C=O) groups is 1. The quantitative estimate of drug-likeness (QED) is 0.0910. The Morgan fingerprint density at radius 2 is 1.69 bits per heavy atom. The minimum absolute atomic E-state index is 0.301. The fourth-order valence-corrected chi connectivity index (χ4v) is 5.51. The fraction of sp³-hybridized carbons (Fsp3) is 0.118. The van der Waals surface area contributed by atoms with Crippen LogP contribution in [0.5, 0.6) is 11.5 Å². The van der Waals surface area contributed by atoms with Crippen LogP contribution in [0.1, 0.15) is 34.1 Å². The van der Waals surface area contributed by atoms with Gasteiger partial charge in [0.1, 0.15) is 6.61 Å². The van der Waals surface area contributed by atoms with Crippen LogP contribution < -0.4 is 14.9 Å². The van der Waals surface area contributed by atoms with Gasteiger partial charge in [-0.2, -0.15) is 5.10 Å². The Morgan fingerprint density at radius 1 is 0.952 bits per heavy atom. The van der Waals surface area contributed by atoms with Gasteiger partial charge < -0.3 is 14.0 Å². The number of rotatable bonds is 10. The fourth-order valence-electron chi connectivity index (χ4n) is 4.54. The number of amides is 1. The first-order valence-electron chi connectivity index (χ1n) is 13.4. The van der Waals surface area contributed by atoms with E-state index in [1.807, 2.05) is 73.7 Å². The normalized spacial score (nSPS) is 11.0. The first-order chi connectivity index (χ1) is 20.4. The van der Waals surface area contributed by atoms with Crippen LogP contribution in [0.3, 0.4) is 0 Å². The summed E-state index contributed by atoms with van der Waals surface area (Å²) in [5.74, 6) is 0.923. The molecule has 0 atom stereocenters. The maximum Gasteiger partial charge on any atom is 0.271 e. The predicted octanol–water partition coefficient (Wildman–Crippen LogP) is 8.45. The van der Waals surface area contributed by atoms with Crippen molar-refractivity contribution >= 4 is 46.3 Å². The van der Waals surface area contributed by atoms with Crippen molar-refractivity contribution in [3.05, 3.63) is 134 Å². The molecule has 0 bridgehead atoms. The Morgan fingerprint density at radius 3 is 2.43 bits per heavy atom. The zero-order valence-corrected chi connectivity index (χ0v) is 26.1.